The molecule has 0 atom stereocenters. The molecule has 0 radical (unpaired) electrons. The molecule has 0 heterocycles. The van der Waals surface area contributed by atoms with Crippen molar-refractivity contribution in [1.29, 1.82) is 0 Å². The lowest BCUT2D eigenvalue weighted by atomic mass is 10.2. The molecular weight excluding hydrogens is 210 g/mol. The van der Waals surface area contributed by atoms with Gasteiger partial charge in [-0.25, -0.2) is 0 Å². The number of hydrogen-bond donors (Lipinski definition) is 1. The first-order chi connectivity index (χ1) is 7.31. The topological polar surface area (TPSA) is 52.3 Å². The molecule has 0 aliphatic carbocycles. The van der Waals surface area contributed by atoms with Gasteiger partial charge < -0.3 is 10.5 Å². The van der Waals surface area contributed by atoms with Crippen LogP contribution in [0.2, 0.25) is 0 Å². The van der Waals surface area contributed by atoms with Gasteiger partial charge in [0.1, 0.15) is 0 Å². The predicted octanol–water partition coefficient (Wildman–Crippen LogP) is 2.19. The molecule has 0 aliphatic heterocycles. The Morgan fingerprint density at radius 1 is 1.20 bits per heavy atom. The molecule has 0 spiro atoms. The number of unbranched alkanes of at least 4 members (excludes halogenated alkanes) is 2. The number of carbonyl (C=O) groups is 1. The van der Waals surface area contributed by atoms with Gasteiger partial charge in [-0.3, -0.25) is 4.79 Å². The summed E-state index contributed by atoms with van der Waals surface area (Å²) in [5.74, 6) is 2.28. The summed E-state index contributed by atoms with van der Waals surface area (Å²) in [6.45, 7) is 3.12. The summed E-state index contributed by atoms with van der Waals surface area (Å²) in [6.07, 6.45) is 4.94. The zero-order valence-corrected chi connectivity index (χ0v) is 10.5. The van der Waals surface area contributed by atoms with Crippen LogP contribution in [0.15, 0.2) is 0 Å². The van der Waals surface area contributed by atoms with Crippen LogP contribution in [0.3, 0.4) is 0 Å². The Hall–Kier alpha value is -0.220. The van der Waals surface area contributed by atoms with Crippen LogP contribution < -0.4 is 5.73 Å². The second kappa shape index (κ2) is 11.9. The highest BCUT2D eigenvalue weighted by molar-refractivity contribution is 7.99. The molecule has 3 nitrogen and oxygen atoms in total. The van der Waals surface area contributed by atoms with Crippen LogP contribution in [0, 0.1) is 0 Å². The van der Waals surface area contributed by atoms with Crippen molar-refractivity contribution in [1.82, 2.24) is 0 Å². The van der Waals surface area contributed by atoms with E-state index in [4.69, 9.17) is 10.5 Å². The van der Waals surface area contributed by atoms with Crippen LogP contribution in [0.1, 0.15) is 39.0 Å². The van der Waals surface area contributed by atoms with E-state index in [2.05, 4.69) is 0 Å². The van der Waals surface area contributed by atoms with Gasteiger partial charge >= 0.3 is 5.97 Å². The molecule has 90 valence electrons. The van der Waals surface area contributed by atoms with Gasteiger partial charge in [0.05, 0.1) is 6.61 Å². The maximum Gasteiger partial charge on any atom is 0.305 e. The molecule has 0 aromatic rings. The Kier molecular flexibility index (Phi) is 11.7. The smallest absolute Gasteiger partial charge is 0.305 e. The highest BCUT2D eigenvalue weighted by Crippen LogP contribution is 2.08. The maximum absolute atomic E-state index is 11.0. The van der Waals surface area contributed by atoms with Crippen molar-refractivity contribution in [2.24, 2.45) is 5.73 Å². The van der Waals surface area contributed by atoms with Gasteiger partial charge in [-0.1, -0.05) is 6.42 Å². The molecule has 0 saturated carbocycles. The van der Waals surface area contributed by atoms with E-state index in [1.165, 1.54) is 12.2 Å². The van der Waals surface area contributed by atoms with E-state index in [0.717, 1.165) is 31.6 Å². The van der Waals surface area contributed by atoms with Crippen LogP contribution in [0.25, 0.3) is 0 Å². The van der Waals surface area contributed by atoms with E-state index in [0.29, 0.717) is 13.0 Å². The van der Waals surface area contributed by atoms with E-state index >= 15 is 0 Å². The number of ether oxygens (including phenoxy) is 1. The summed E-state index contributed by atoms with van der Waals surface area (Å²) in [6, 6.07) is 0. The molecule has 2 N–H and O–H groups in total. The molecule has 0 fully saturated rings. The fraction of sp³-hybridized carbons (Fsp3) is 0.909. The normalized spacial score (nSPS) is 10.3. The summed E-state index contributed by atoms with van der Waals surface area (Å²) < 4.78 is 4.84. The quantitative estimate of drug-likeness (QED) is 0.464. The molecule has 4 heteroatoms. The van der Waals surface area contributed by atoms with E-state index < -0.39 is 0 Å². The van der Waals surface area contributed by atoms with Crippen molar-refractivity contribution in [3.63, 3.8) is 0 Å². The van der Waals surface area contributed by atoms with Gasteiger partial charge in [0, 0.05) is 6.42 Å². The van der Waals surface area contributed by atoms with E-state index in [9.17, 15) is 4.79 Å². The molecule has 0 unspecified atom stereocenters. The van der Waals surface area contributed by atoms with Gasteiger partial charge in [0.15, 0.2) is 0 Å². The highest BCUT2D eigenvalue weighted by atomic mass is 32.2. The number of esters is 1. The van der Waals surface area contributed by atoms with Gasteiger partial charge in [-0.05, 0) is 44.2 Å². The lowest BCUT2D eigenvalue weighted by Crippen LogP contribution is -2.03. The zero-order valence-electron chi connectivity index (χ0n) is 9.67. The number of nitrogens with two attached hydrogens (primary N) is 1. The average Bonchev–Trinajstić information content (AvgIpc) is 2.22. The van der Waals surface area contributed by atoms with Gasteiger partial charge in [-0.2, -0.15) is 11.8 Å². The molecule has 15 heavy (non-hydrogen) atoms. The second-order valence-electron chi connectivity index (χ2n) is 3.37. The first-order valence-corrected chi connectivity index (χ1v) is 6.90. The summed E-state index contributed by atoms with van der Waals surface area (Å²) in [5, 5.41) is 0. The fourth-order valence-corrected chi connectivity index (χ4v) is 2.15. The Balaban J connectivity index is 3.01. The molecule has 0 rings (SSSR count). The SMILES string of the molecule is CCOC(=O)CCCCCSCCCN. The van der Waals surface area contributed by atoms with Crippen LogP contribution in [0.5, 0.6) is 0 Å². The summed E-state index contributed by atoms with van der Waals surface area (Å²) in [4.78, 5) is 11.0. The van der Waals surface area contributed by atoms with Crippen LogP contribution >= 0.6 is 11.8 Å². The van der Waals surface area contributed by atoms with Crippen LogP contribution in [0.4, 0.5) is 0 Å². The monoisotopic (exact) mass is 233 g/mol. The van der Waals surface area contributed by atoms with Crippen molar-refractivity contribution in [3.8, 4) is 0 Å². The second-order valence-corrected chi connectivity index (χ2v) is 4.60. The number of hydrogen-bond acceptors (Lipinski definition) is 4. The Morgan fingerprint density at radius 2 is 1.93 bits per heavy atom. The summed E-state index contributed by atoms with van der Waals surface area (Å²) >= 11 is 1.95. The fourth-order valence-electron chi connectivity index (χ4n) is 1.17. The third kappa shape index (κ3) is 11.7. The van der Waals surface area contributed by atoms with Crippen molar-refractivity contribution in [3.05, 3.63) is 0 Å². The minimum absolute atomic E-state index is 0.0618. The number of carbonyl (C=O) groups excluding carboxylic acids is 1. The Labute approximate surface area is 97.1 Å². The third-order valence-electron chi connectivity index (χ3n) is 1.97. The van der Waals surface area contributed by atoms with Crippen molar-refractivity contribution in [2.75, 3.05) is 24.7 Å². The van der Waals surface area contributed by atoms with Crippen molar-refractivity contribution >= 4 is 17.7 Å². The Morgan fingerprint density at radius 3 is 2.60 bits per heavy atom. The van der Waals surface area contributed by atoms with Gasteiger partial charge in [0.2, 0.25) is 0 Å². The minimum Gasteiger partial charge on any atom is -0.466 e. The van der Waals surface area contributed by atoms with E-state index in [-0.39, 0.29) is 5.97 Å². The van der Waals surface area contributed by atoms with Crippen LogP contribution in [-0.4, -0.2) is 30.6 Å². The van der Waals surface area contributed by atoms with E-state index in [1.54, 1.807) is 0 Å². The van der Waals surface area contributed by atoms with Gasteiger partial charge in [-0.15, -0.1) is 0 Å². The number of rotatable bonds is 10. The third-order valence-corrected chi connectivity index (χ3v) is 3.12. The lowest BCUT2D eigenvalue weighted by molar-refractivity contribution is -0.143. The standard InChI is InChI=1S/C11H23NO2S/c1-2-14-11(13)7-4-3-5-9-15-10-6-8-12/h2-10,12H2,1H3. The zero-order chi connectivity index (χ0) is 11.4. The predicted molar refractivity (Wildman–Crippen MR) is 66.1 cm³/mol. The summed E-state index contributed by atoms with van der Waals surface area (Å²) in [5.41, 5.74) is 5.39. The van der Waals surface area contributed by atoms with Gasteiger partial charge in [0.25, 0.3) is 0 Å². The molecule has 0 aliphatic rings. The molecule has 0 amide bonds. The van der Waals surface area contributed by atoms with Crippen molar-refractivity contribution < 1.29 is 9.53 Å². The first kappa shape index (κ1) is 14.8. The summed E-state index contributed by atoms with van der Waals surface area (Å²) in [7, 11) is 0. The number of thioether (sulfide) groups is 1. The van der Waals surface area contributed by atoms with Crippen molar-refractivity contribution in [2.45, 2.75) is 39.0 Å². The molecular formula is C11H23NO2S. The Bertz CT molecular complexity index is 154. The average molecular weight is 233 g/mol. The molecule has 0 aromatic heterocycles. The minimum atomic E-state index is -0.0618. The molecule has 0 aromatic carbocycles. The van der Waals surface area contributed by atoms with E-state index in [1.807, 2.05) is 18.7 Å². The largest absolute Gasteiger partial charge is 0.466 e. The molecule has 0 bridgehead atoms. The van der Waals surface area contributed by atoms with Crippen LogP contribution in [-0.2, 0) is 9.53 Å². The molecule has 0 saturated heterocycles. The first-order valence-electron chi connectivity index (χ1n) is 5.74. The highest BCUT2D eigenvalue weighted by Gasteiger charge is 2.00. The lowest BCUT2D eigenvalue weighted by Gasteiger charge is -2.02. The maximum atomic E-state index is 11.0.